The molecule has 0 aliphatic heterocycles. The summed E-state index contributed by atoms with van der Waals surface area (Å²) in [4.78, 5) is 18.2. The summed E-state index contributed by atoms with van der Waals surface area (Å²) in [5.74, 6) is -3.65. The molecule has 0 rings (SSSR count). The predicted molar refractivity (Wildman–Crippen MR) is 32.4 cm³/mol. The third-order valence-corrected chi connectivity index (χ3v) is 0.183. The standard InChI is InChI=1S/C2H2O4.BH3.Li.H/c3-1(4)2(5)6;;;/h(H,3,4)(H,5,6);1H3;;. The molecule has 0 radical (unpaired) electrons. The molecule has 0 aliphatic carbocycles. The summed E-state index contributed by atoms with van der Waals surface area (Å²) in [6.45, 7) is 0. The van der Waals surface area contributed by atoms with E-state index in [1.807, 2.05) is 0 Å². The molecule has 0 amide bonds. The third-order valence-electron chi connectivity index (χ3n) is 0.183. The van der Waals surface area contributed by atoms with Crippen LogP contribution in [0.15, 0.2) is 0 Å². The van der Waals surface area contributed by atoms with E-state index in [2.05, 4.69) is 0 Å². The topological polar surface area (TPSA) is 74.6 Å². The van der Waals surface area contributed by atoms with Gasteiger partial charge < -0.3 is 10.2 Å². The van der Waals surface area contributed by atoms with Crippen molar-refractivity contribution in [2.45, 2.75) is 0 Å². The second-order valence-electron chi connectivity index (χ2n) is 0.610. The van der Waals surface area contributed by atoms with Crippen molar-refractivity contribution in [2.24, 2.45) is 0 Å². The van der Waals surface area contributed by atoms with Crippen molar-refractivity contribution in [3.05, 3.63) is 0 Å². The van der Waals surface area contributed by atoms with Crippen molar-refractivity contribution in [3.63, 3.8) is 0 Å². The average Bonchev–Trinajstić information content (AvgIpc) is 1.36. The molecule has 4 nitrogen and oxygen atoms in total. The van der Waals surface area contributed by atoms with Crippen LogP contribution in [-0.4, -0.2) is 49.4 Å². The van der Waals surface area contributed by atoms with Crippen LogP contribution in [0.25, 0.3) is 0 Å². The van der Waals surface area contributed by atoms with Crippen LogP contribution in [0, 0.1) is 0 Å². The number of hydrogen-bond donors (Lipinski definition) is 2. The minimum absolute atomic E-state index is 0. The summed E-state index contributed by atoms with van der Waals surface area (Å²) in [6, 6.07) is 0. The zero-order chi connectivity index (χ0) is 5.15. The number of carboxylic acids is 2. The fourth-order valence-electron chi connectivity index (χ4n) is 0. The van der Waals surface area contributed by atoms with Gasteiger partial charge in [0.05, 0.1) is 8.41 Å². The van der Waals surface area contributed by atoms with Gasteiger partial charge in [-0.25, -0.2) is 9.59 Å². The first-order valence-corrected chi connectivity index (χ1v) is 1.11. The van der Waals surface area contributed by atoms with E-state index in [0.29, 0.717) is 0 Å². The molecule has 42 valence electrons. The van der Waals surface area contributed by atoms with E-state index in [0.717, 1.165) is 0 Å². The Bertz CT molecular complexity index is 80.0. The summed E-state index contributed by atoms with van der Waals surface area (Å²) in [5.41, 5.74) is 0. The molecular weight excluding hydrogens is 106 g/mol. The molecule has 8 heavy (non-hydrogen) atoms. The zero-order valence-corrected chi connectivity index (χ0v) is 2.71. The maximum absolute atomic E-state index is 9.10. The van der Waals surface area contributed by atoms with Crippen molar-refractivity contribution in [3.8, 4) is 0 Å². The van der Waals surface area contributed by atoms with Crippen LogP contribution in [0.3, 0.4) is 0 Å². The van der Waals surface area contributed by atoms with Crippen LogP contribution in [0.4, 0.5) is 0 Å². The second kappa shape index (κ2) is 6.60. The van der Waals surface area contributed by atoms with Crippen molar-refractivity contribution >= 4 is 39.2 Å². The molecule has 2 N–H and O–H groups in total. The van der Waals surface area contributed by atoms with Crippen LogP contribution >= 0.6 is 0 Å². The fourth-order valence-corrected chi connectivity index (χ4v) is 0. The fraction of sp³-hybridized carbons (Fsp3) is 0. The molecule has 0 saturated heterocycles. The van der Waals surface area contributed by atoms with Gasteiger partial charge in [-0.05, 0) is 0 Å². The van der Waals surface area contributed by atoms with E-state index in [1.54, 1.807) is 0 Å². The van der Waals surface area contributed by atoms with Gasteiger partial charge in [-0.2, -0.15) is 0 Å². The molecule has 0 unspecified atom stereocenters. The van der Waals surface area contributed by atoms with Gasteiger partial charge in [0.2, 0.25) is 0 Å². The molecule has 0 aromatic carbocycles. The minimum atomic E-state index is -1.82. The second-order valence-corrected chi connectivity index (χ2v) is 0.610. The Morgan fingerprint density at radius 1 is 1.00 bits per heavy atom. The van der Waals surface area contributed by atoms with E-state index in [9.17, 15) is 0 Å². The van der Waals surface area contributed by atoms with Crippen molar-refractivity contribution in [1.82, 2.24) is 0 Å². The van der Waals surface area contributed by atoms with Gasteiger partial charge in [0, 0.05) is 0 Å². The summed E-state index contributed by atoms with van der Waals surface area (Å²) < 4.78 is 0. The quantitative estimate of drug-likeness (QED) is 0.264. The summed E-state index contributed by atoms with van der Waals surface area (Å²) in [5, 5.41) is 14.8. The molecule has 0 saturated carbocycles. The summed E-state index contributed by atoms with van der Waals surface area (Å²) in [6.07, 6.45) is 0. The van der Waals surface area contributed by atoms with Crippen molar-refractivity contribution in [1.29, 1.82) is 0 Å². The average molecular weight is 112 g/mol. The van der Waals surface area contributed by atoms with Crippen molar-refractivity contribution < 1.29 is 19.8 Å². The normalized spacial score (nSPS) is 5.50. The Morgan fingerprint density at radius 2 is 1.12 bits per heavy atom. The first-order chi connectivity index (χ1) is 2.64. The molecular formula is C2H6BLiO4. The molecule has 0 spiro atoms. The van der Waals surface area contributed by atoms with Crippen molar-refractivity contribution in [2.75, 3.05) is 0 Å². The molecule has 0 bridgehead atoms. The van der Waals surface area contributed by atoms with E-state index >= 15 is 0 Å². The van der Waals surface area contributed by atoms with Gasteiger partial charge >= 0.3 is 30.8 Å². The Hall–Kier alpha value is -0.398. The van der Waals surface area contributed by atoms with Crippen LogP contribution < -0.4 is 0 Å². The first kappa shape index (κ1) is 15.6. The Labute approximate surface area is 59.6 Å². The molecule has 0 aromatic heterocycles. The van der Waals surface area contributed by atoms with Gasteiger partial charge in [0.25, 0.3) is 0 Å². The van der Waals surface area contributed by atoms with Crippen LogP contribution in [0.2, 0.25) is 0 Å². The van der Waals surface area contributed by atoms with E-state index in [1.165, 1.54) is 0 Å². The third kappa shape index (κ3) is 9.14. The molecule has 0 atom stereocenters. The maximum atomic E-state index is 9.10. The van der Waals surface area contributed by atoms with Crippen LogP contribution in [-0.2, 0) is 9.59 Å². The monoisotopic (exact) mass is 112 g/mol. The number of hydrogen-bond acceptors (Lipinski definition) is 2. The van der Waals surface area contributed by atoms with Gasteiger partial charge in [-0.1, -0.05) is 0 Å². The molecule has 0 aromatic rings. The number of carboxylic acid groups (broad SMARTS) is 2. The first-order valence-electron chi connectivity index (χ1n) is 1.11. The summed E-state index contributed by atoms with van der Waals surface area (Å²) >= 11 is 0. The number of carbonyl (C=O) groups is 2. The molecule has 0 fully saturated rings. The predicted octanol–water partition coefficient (Wildman–Crippen LogP) is -2.68. The SMILES string of the molecule is B.O=C(O)C(=O)O.[LiH]. The molecule has 6 heteroatoms. The Morgan fingerprint density at radius 3 is 1.12 bits per heavy atom. The Balaban J connectivity index is -0.000000125. The summed E-state index contributed by atoms with van der Waals surface area (Å²) in [7, 11) is 0. The molecule has 0 aliphatic rings. The number of rotatable bonds is 0. The van der Waals surface area contributed by atoms with Gasteiger partial charge in [-0.3, -0.25) is 0 Å². The van der Waals surface area contributed by atoms with Crippen LogP contribution in [0.1, 0.15) is 0 Å². The van der Waals surface area contributed by atoms with E-state index < -0.39 is 11.9 Å². The van der Waals surface area contributed by atoms with Gasteiger partial charge in [0.15, 0.2) is 0 Å². The van der Waals surface area contributed by atoms with E-state index in [-0.39, 0.29) is 27.3 Å². The molecule has 0 heterocycles. The van der Waals surface area contributed by atoms with E-state index in [4.69, 9.17) is 19.8 Å². The zero-order valence-electron chi connectivity index (χ0n) is 2.71. The number of aliphatic carboxylic acids is 2. The Kier molecular flexibility index (Phi) is 12.9. The van der Waals surface area contributed by atoms with Gasteiger partial charge in [-0.15, -0.1) is 0 Å². The van der Waals surface area contributed by atoms with Gasteiger partial charge in [0.1, 0.15) is 0 Å². The van der Waals surface area contributed by atoms with Crippen LogP contribution in [0.5, 0.6) is 0 Å².